The first-order chi connectivity index (χ1) is 6.80. The van der Waals surface area contributed by atoms with Gasteiger partial charge in [-0.05, 0) is 44.8 Å². The molecule has 0 aromatic heterocycles. The van der Waals surface area contributed by atoms with Gasteiger partial charge in [0.25, 0.3) is 5.24 Å². The average molecular weight is 231 g/mol. The van der Waals surface area contributed by atoms with Crippen molar-refractivity contribution in [2.45, 2.75) is 31.7 Å². The van der Waals surface area contributed by atoms with E-state index >= 15 is 0 Å². The normalized spacial score (nSPS) is 15.4. The minimum absolute atomic E-state index is 0.0178. The summed E-state index contributed by atoms with van der Waals surface area (Å²) < 4.78 is 0. The molecule has 1 atom stereocenters. The number of nitrogens with one attached hydrogen (secondary N) is 1. The molecule has 1 unspecified atom stereocenters. The van der Waals surface area contributed by atoms with Crippen molar-refractivity contribution in [2.75, 3.05) is 14.1 Å². The van der Waals surface area contributed by atoms with Crippen LogP contribution in [0.25, 0.3) is 0 Å². The SMILES string of the molecule is CN/C=C/C(C)(N)SC(=O)N(C)C(C)C. The van der Waals surface area contributed by atoms with Crippen LogP contribution in [0, 0.1) is 0 Å². The molecule has 0 aliphatic rings. The van der Waals surface area contributed by atoms with E-state index in [1.807, 2.05) is 13.8 Å². The summed E-state index contributed by atoms with van der Waals surface area (Å²) in [5.41, 5.74) is 5.93. The number of rotatable bonds is 4. The fraction of sp³-hybridized carbons (Fsp3) is 0.700. The van der Waals surface area contributed by atoms with Gasteiger partial charge in [-0.1, -0.05) is 0 Å². The van der Waals surface area contributed by atoms with E-state index in [2.05, 4.69) is 5.32 Å². The molecule has 0 aliphatic heterocycles. The second-order valence-electron chi connectivity index (χ2n) is 3.88. The number of nitrogens with zero attached hydrogens (tertiary/aromatic N) is 1. The summed E-state index contributed by atoms with van der Waals surface area (Å²) in [4.78, 5) is 12.7. The molecule has 0 aliphatic carbocycles. The Hall–Kier alpha value is -0.680. The molecule has 88 valence electrons. The van der Waals surface area contributed by atoms with Crippen LogP contribution in [0.3, 0.4) is 0 Å². The Morgan fingerprint density at radius 3 is 2.53 bits per heavy atom. The molecule has 5 heteroatoms. The number of hydrogen-bond donors (Lipinski definition) is 2. The highest BCUT2D eigenvalue weighted by Gasteiger charge is 2.23. The lowest BCUT2D eigenvalue weighted by Gasteiger charge is -2.25. The summed E-state index contributed by atoms with van der Waals surface area (Å²) in [6.07, 6.45) is 3.50. The number of thioether (sulfide) groups is 1. The highest BCUT2D eigenvalue weighted by Crippen LogP contribution is 2.23. The number of carbonyl (C=O) groups excluding carboxylic acids is 1. The van der Waals surface area contributed by atoms with Gasteiger partial charge in [-0.25, -0.2) is 0 Å². The minimum Gasteiger partial charge on any atom is -0.394 e. The smallest absolute Gasteiger partial charge is 0.283 e. The molecule has 0 spiro atoms. The molecule has 0 radical (unpaired) electrons. The lowest BCUT2D eigenvalue weighted by Crippen LogP contribution is -2.37. The average Bonchev–Trinajstić information content (AvgIpc) is 2.12. The van der Waals surface area contributed by atoms with Gasteiger partial charge in [0.15, 0.2) is 0 Å². The van der Waals surface area contributed by atoms with Crippen molar-refractivity contribution in [3.8, 4) is 0 Å². The first kappa shape index (κ1) is 14.3. The Morgan fingerprint density at radius 1 is 1.60 bits per heavy atom. The van der Waals surface area contributed by atoms with Crippen LogP contribution in [0.4, 0.5) is 4.79 Å². The van der Waals surface area contributed by atoms with E-state index in [9.17, 15) is 4.79 Å². The van der Waals surface area contributed by atoms with Crippen LogP contribution < -0.4 is 11.1 Å². The molecule has 0 heterocycles. The lowest BCUT2D eigenvalue weighted by atomic mass is 10.3. The van der Waals surface area contributed by atoms with Gasteiger partial charge in [0.05, 0.1) is 4.87 Å². The Labute approximate surface area is 96.3 Å². The van der Waals surface area contributed by atoms with Gasteiger partial charge in [0.1, 0.15) is 0 Å². The highest BCUT2D eigenvalue weighted by molar-refractivity contribution is 8.14. The predicted octanol–water partition coefficient (Wildman–Crippen LogP) is 1.59. The molecule has 0 saturated heterocycles. The van der Waals surface area contributed by atoms with Gasteiger partial charge < -0.3 is 16.0 Å². The zero-order chi connectivity index (χ0) is 12.1. The van der Waals surface area contributed by atoms with Crippen LogP contribution in [0.15, 0.2) is 12.3 Å². The molecule has 0 saturated carbocycles. The van der Waals surface area contributed by atoms with E-state index in [0.29, 0.717) is 0 Å². The van der Waals surface area contributed by atoms with Crippen molar-refractivity contribution in [2.24, 2.45) is 5.73 Å². The van der Waals surface area contributed by atoms with Crippen molar-refractivity contribution in [3.63, 3.8) is 0 Å². The van der Waals surface area contributed by atoms with Gasteiger partial charge in [0.2, 0.25) is 0 Å². The minimum atomic E-state index is -0.677. The maximum atomic E-state index is 11.7. The predicted molar refractivity (Wildman–Crippen MR) is 66.7 cm³/mol. The Kier molecular flexibility index (Phi) is 5.75. The molecular formula is C10H21N3OS. The molecule has 0 aromatic rings. The number of carbonyl (C=O) groups is 1. The number of amides is 1. The molecule has 4 nitrogen and oxygen atoms in total. The standard InChI is InChI=1S/C10H21N3OS/c1-8(2)13(5)9(14)15-10(3,11)6-7-12-4/h6-8,12H,11H2,1-5H3/b7-6+. The quantitative estimate of drug-likeness (QED) is 0.721. The van der Waals surface area contributed by atoms with E-state index in [1.54, 1.807) is 38.2 Å². The lowest BCUT2D eigenvalue weighted by molar-refractivity contribution is 0.222. The van der Waals surface area contributed by atoms with E-state index in [1.165, 1.54) is 0 Å². The maximum Gasteiger partial charge on any atom is 0.283 e. The molecule has 15 heavy (non-hydrogen) atoms. The number of hydrogen-bond acceptors (Lipinski definition) is 4. The Bertz CT molecular complexity index is 239. The van der Waals surface area contributed by atoms with E-state index in [0.717, 1.165) is 11.8 Å². The molecule has 0 aromatic carbocycles. The van der Waals surface area contributed by atoms with Crippen LogP contribution in [0.2, 0.25) is 0 Å². The third kappa shape index (κ3) is 5.69. The van der Waals surface area contributed by atoms with Gasteiger partial charge in [0, 0.05) is 20.1 Å². The van der Waals surface area contributed by atoms with Gasteiger partial charge in [-0.3, -0.25) is 4.79 Å². The summed E-state index contributed by atoms with van der Waals surface area (Å²) >= 11 is 1.12. The summed E-state index contributed by atoms with van der Waals surface area (Å²) in [7, 11) is 3.57. The van der Waals surface area contributed by atoms with Gasteiger partial charge in [-0.2, -0.15) is 0 Å². The molecule has 3 N–H and O–H groups in total. The zero-order valence-corrected chi connectivity index (χ0v) is 10.9. The second kappa shape index (κ2) is 6.02. The molecule has 0 rings (SSSR count). The maximum absolute atomic E-state index is 11.7. The van der Waals surface area contributed by atoms with E-state index in [-0.39, 0.29) is 11.3 Å². The van der Waals surface area contributed by atoms with Gasteiger partial charge >= 0.3 is 0 Å². The Balaban J connectivity index is 4.33. The largest absolute Gasteiger partial charge is 0.394 e. The molecule has 0 fully saturated rings. The summed E-state index contributed by atoms with van der Waals surface area (Å²) in [5, 5.41) is 2.83. The second-order valence-corrected chi connectivity index (χ2v) is 5.31. The van der Waals surface area contributed by atoms with E-state index in [4.69, 9.17) is 5.73 Å². The Morgan fingerprint density at radius 2 is 2.13 bits per heavy atom. The van der Waals surface area contributed by atoms with Crippen LogP contribution in [0.5, 0.6) is 0 Å². The fourth-order valence-corrected chi connectivity index (χ4v) is 1.62. The van der Waals surface area contributed by atoms with Crippen LogP contribution in [-0.2, 0) is 0 Å². The van der Waals surface area contributed by atoms with Crippen molar-refractivity contribution in [1.29, 1.82) is 0 Å². The monoisotopic (exact) mass is 231 g/mol. The van der Waals surface area contributed by atoms with Crippen LogP contribution in [0.1, 0.15) is 20.8 Å². The van der Waals surface area contributed by atoms with Crippen molar-refractivity contribution in [1.82, 2.24) is 10.2 Å². The third-order valence-electron chi connectivity index (χ3n) is 1.95. The van der Waals surface area contributed by atoms with E-state index < -0.39 is 4.87 Å². The van der Waals surface area contributed by atoms with Crippen molar-refractivity contribution < 1.29 is 4.79 Å². The summed E-state index contributed by atoms with van der Waals surface area (Å²) in [6.45, 7) is 5.74. The van der Waals surface area contributed by atoms with Crippen LogP contribution >= 0.6 is 11.8 Å². The first-order valence-electron chi connectivity index (χ1n) is 4.90. The first-order valence-corrected chi connectivity index (χ1v) is 5.71. The van der Waals surface area contributed by atoms with Crippen LogP contribution in [-0.4, -0.2) is 35.1 Å². The van der Waals surface area contributed by atoms with Gasteiger partial charge in [-0.15, -0.1) is 0 Å². The topological polar surface area (TPSA) is 58.4 Å². The molecule has 0 bridgehead atoms. The number of nitrogens with two attached hydrogens (primary N) is 1. The summed E-state index contributed by atoms with van der Waals surface area (Å²) in [6, 6.07) is 0.189. The summed E-state index contributed by atoms with van der Waals surface area (Å²) in [5.74, 6) is 0. The highest BCUT2D eigenvalue weighted by atomic mass is 32.2. The third-order valence-corrected chi connectivity index (χ3v) is 2.99. The van der Waals surface area contributed by atoms with Crippen molar-refractivity contribution in [3.05, 3.63) is 12.3 Å². The zero-order valence-electron chi connectivity index (χ0n) is 10.1. The van der Waals surface area contributed by atoms with Crippen molar-refractivity contribution >= 4 is 17.0 Å². The fourth-order valence-electron chi connectivity index (χ4n) is 0.754. The molecule has 1 amide bonds. The molecular weight excluding hydrogens is 210 g/mol.